The first kappa shape index (κ1) is 17.1. The molecule has 1 aliphatic rings. The molecular formula is C19H22N4O2S. The molecule has 3 aromatic rings. The van der Waals surface area contributed by atoms with Gasteiger partial charge in [0.15, 0.2) is 0 Å². The van der Waals surface area contributed by atoms with Crippen molar-refractivity contribution in [3.63, 3.8) is 0 Å². The Kier molecular flexibility index (Phi) is 4.97. The van der Waals surface area contributed by atoms with Crippen molar-refractivity contribution in [3.05, 3.63) is 30.5 Å². The molecular weight excluding hydrogens is 348 g/mol. The first-order valence-corrected chi connectivity index (χ1v) is 10.0. The summed E-state index contributed by atoms with van der Waals surface area (Å²) in [6.07, 6.45) is 6.59. The summed E-state index contributed by atoms with van der Waals surface area (Å²) in [5.74, 6) is 1.33. The zero-order valence-electron chi connectivity index (χ0n) is 14.7. The fraction of sp³-hybridized carbons (Fsp3) is 0.421. The molecule has 1 amide bonds. The molecule has 1 fully saturated rings. The van der Waals surface area contributed by atoms with E-state index in [4.69, 9.17) is 4.42 Å². The van der Waals surface area contributed by atoms with Crippen molar-refractivity contribution in [3.8, 4) is 11.5 Å². The van der Waals surface area contributed by atoms with Gasteiger partial charge in [-0.05, 0) is 24.8 Å². The van der Waals surface area contributed by atoms with Crippen LogP contribution in [0.15, 0.2) is 40.1 Å². The predicted octanol–water partition coefficient (Wildman–Crippen LogP) is 4.00. The highest BCUT2D eigenvalue weighted by Crippen LogP contribution is 2.29. The van der Waals surface area contributed by atoms with E-state index >= 15 is 0 Å². The highest BCUT2D eigenvalue weighted by Gasteiger charge is 2.23. The summed E-state index contributed by atoms with van der Waals surface area (Å²) < 4.78 is 5.74. The van der Waals surface area contributed by atoms with Crippen molar-refractivity contribution >= 4 is 28.6 Å². The van der Waals surface area contributed by atoms with Gasteiger partial charge in [-0.2, -0.15) is 0 Å². The maximum atomic E-state index is 12.2. The van der Waals surface area contributed by atoms with Gasteiger partial charge in [0.2, 0.25) is 5.91 Å². The molecule has 2 N–H and O–H groups in total. The molecule has 2 heterocycles. The van der Waals surface area contributed by atoms with E-state index in [9.17, 15) is 4.79 Å². The Hall–Kier alpha value is -2.28. The number of benzene rings is 1. The molecule has 0 spiro atoms. The second-order valence-corrected chi connectivity index (χ2v) is 7.77. The van der Waals surface area contributed by atoms with Gasteiger partial charge in [-0.15, -0.1) is 10.2 Å². The molecule has 1 saturated carbocycles. The van der Waals surface area contributed by atoms with Gasteiger partial charge in [-0.3, -0.25) is 4.79 Å². The van der Waals surface area contributed by atoms with Crippen LogP contribution in [0, 0.1) is 5.92 Å². The van der Waals surface area contributed by atoms with Crippen LogP contribution in [-0.4, -0.2) is 32.9 Å². The first-order chi connectivity index (χ1) is 12.7. The molecule has 6 nitrogen and oxygen atoms in total. The van der Waals surface area contributed by atoms with Crippen LogP contribution in [0.4, 0.5) is 0 Å². The van der Waals surface area contributed by atoms with E-state index in [1.807, 2.05) is 30.5 Å². The number of aromatic nitrogens is 3. The molecule has 4 rings (SSSR count). The molecule has 0 aliphatic heterocycles. The largest absolute Gasteiger partial charge is 0.411 e. The van der Waals surface area contributed by atoms with Crippen molar-refractivity contribution in [1.29, 1.82) is 0 Å². The Labute approximate surface area is 156 Å². The van der Waals surface area contributed by atoms with Crippen LogP contribution < -0.4 is 5.32 Å². The average molecular weight is 370 g/mol. The molecule has 2 aromatic heterocycles. The van der Waals surface area contributed by atoms with Crippen LogP contribution in [0.5, 0.6) is 0 Å². The van der Waals surface area contributed by atoms with Crippen LogP contribution in [0.25, 0.3) is 22.4 Å². The maximum absolute atomic E-state index is 12.2. The third-order valence-corrected chi connectivity index (χ3v) is 5.83. The number of amides is 1. The number of fused-ring (bicyclic) bond motifs is 1. The van der Waals surface area contributed by atoms with Crippen molar-refractivity contribution in [2.24, 2.45) is 5.92 Å². The number of hydrogen-bond acceptors (Lipinski definition) is 5. The van der Waals surface area contributed by atoms with E-state index in [0.717, 1.165) is 22.9 Å². The zero-order chi connectivity index (χ0) is 17.9. The van der Waals surface area contributed by atoms with E-state index in [1.54, 1.807) is 0 Å². The quantitative estimate of drug-likeness (QED) is 0.663. The molecule has 2 atom stereocenters. The topological polar surface area (TPSA) is 83.8 Å². The Morgan fingerprint density at radius 2 is 2.15 bits per heavy atom. The lowest BCUT2D eigenvalue weighted by atomic mass is 9.86. The van der Waals surface area contributed by atoms with Crippen molar-refractivity contribution < 1.29 is 9.21 Å². The van der Waals surface area contributed by atoms with Crippen LogP contribution in [0.2, 0.25) is 0 Å². The van der Waals surface area contributed by atoms with E-state index in [2.05, 4.69) is 27.4 Å². The highest BCUT2D eigenvalue weighted by atomic mass is 32.2. The number of rotatable bonds is 5. The minimum absolute atomic E-state index is 0.0283. The first-order valence-electron chi connectivity index (χ1n) is 9.03. The van der Waals surface area contributed by atoms with Crippen LogP contribution >= 0.6 is 11.8 Å². The molecule has 1 aromatic carbocycles. The standard InChI is InChI=1S/C19H22N4O2S/c1-12-6-2-4-8-15(12)21-17(24)11-26-19-23-22-18(25-19)14-10-20-16-9-5-3-7-13(14)16/h3,5,7,9-10,12,15,20H,2,4,6,8,11H2,1H3,(H,21,24)/t12-,15-/m0/s1. The lowest BCUT2D eigenvalue weighted by Crippen LogP contribution is -2.41. The fourth-order valence-corrected chi connectivity index (χ4v) is 4.11. The van der Waals surface area contributed by atoms with Crippen molar-refractivity contribution in [2.75, 3.05) is 5.75 Å². The third kappa shape index (κ3) is 3.62. The van der Waals surface area contributed by atoms with Gasteiger partial charge < -0.3 is 14.7 Å². The average Bonchev–Trinajstić information content (AvgIpc) is 3.28. The number of thioether (sulfide) groups is 1. The van der Waals surface area contributed by atoms with Gasteiger partial charge in [0.1, 0.15) is 0 Å². The number of H-pyrrole nitrogens is 1. The number of para-hydroxylation sites is 1. The van der Waals surface area contributed by atoms with Crippen LogP contribution in [-0.2, 0) is 4.79 Å². The smallest absolute Gasteiger partial charge is 0.277 e. The number of nitrogens with one attached hydrogen (secondary N) is 2. The summed E-state index contributed by atoms with van der Waals surface area (Å²) >= 11 is 1.28. The molecule has 7 heteroatoms. The number of hydrogen-bond donors (Lipinski definition) is 2. The van der Waals surface area contributed by atoms with Crippen molar-refractivity contribution in [1.82, 2.24) is 20.5 Å². The van der Waals surface area contributed by atoms with Gasteiger partial charge in [-0.25, -0.2) is 0 Å². The Bertz CT molecular complexity index is 904. The molecule has 26 heavy (non-hydrogen) atoms. The van der Waals surface area contributed by atoms with E-state index in [1.165, 1.54) is 31.0 Å². The molecule has 0 unspecified atom stereocenters. The van der Waals surface area contributed by atoms with Gasteiger partial charge in [0, 0.05) is 23.1 Å². The third-order valence-electron chi connectivity index (χ3n) is 5.01. The Morgan fingerprint density at radius 3 is 3.04 bits per heavy atom. The van der Waals surface area contributed by atoms with E-state index in [0.29, 0.717) is 28.8 Å². The summed E-state index contributed by atoms with van der Waals surface area (Å²) in [7, 11) is 0. The number of aromatic amines is 1. The molecule has 1 aliphatic carbocycles. The zero-order valence-corrected chi connectivity index (χ0v) is 15.5. The Morgan fingerprint density at radius 1 is 1.31 bits per heavy atom. The summed E-state index contributed by atoms with van der Waals surface area (Å²) in [6, 6.07) is 8.26. The lowest BCUT2D eigenvalue weighted by Gasteiger charge is -2.29. The lowest BCUT2D eigenvalue weighted by molar-refractivity contribution is -0.119. The monoisotopic (exact) mass is 370 g/mol. The number of carbonyl (C=O) groups excluding carboxylic acids is 1. The van der Waals surface area contributed by atoms with Crippen LogP contribution in [0.3, 0.4) is 0 Å². The molecule has 136 valence electrons. The molecule has 0 radical (unpaired) electrons. The summed E-state index contributed by atoms with van der Waals surface area (Å²) in [5, 5.41) is 12.8. The van der Waals surface area contributed by atoms with Gasteiger partial charge in [0.25, 0.3) is 11.1 Å². The minimum atomic E-state index is 0.0283. The number of carbonyl (C=O) groups is 1. The highest BCUT2D eigenvalue weighted by molar-refractivity contribution is 7.99. The minimum Gasteiger partial charge on any atom is -0.411 e. The van der Waals surface area contributed by atoms with E-state index < -0.39 is 0 Å². The summed E-state index contributed by atoms with van der Waals surface area (Å²) in [6.45, 7) is 2.21. The van der Waals surface area contributed by atoms with Gasteiger partial charge >= 0.3 is 0 Å². The summed E-state index contributed by atoms with van der Waals surface area (Å²) in [5.41, 5.74) is 1.90. The second-order valence-electron chi connectivity index (χ2n) is 6.85. The van der Waals surface area contributed by atoms with Gasteiger partial charge in [0.05, 0.1) is 11.3 Å². The SMILES string of the molecule is C[C@H]1CCCC[C@@H]1NC(=O)CSc1nnc(-c2c[nH]c3ccccc23)o1. The Balaban J connectivity index is 1.37. The molecule has 0 bridgehead atoms. The summed E-state index contributed by atoms with van der Waals surface area (Å²) in [4.78, 5) is 15.4. The molecule has 0 saturated heterocycles. The van der Waals surface area contributed by atoms with Gasteiger partial charge in [-0.1, -0.05) is 49.7 Å². The maximum Gasteiger partial charge on any atom is 0.277 e. The van der Waals surface area contributed by atoms with Crippen LogP contribution in [0.1, 0.15) is 32.6 Å². The number of nitrogens with zero attached hydrogens (tertiary/aromatic N) is 2. The fourth-order valence-electron chi connectivity index (χ4n) is 3.53. The van der Waals surface area contributed by atoms with Crippen molar-refractivity contribution in [2.45, 2.75) is 43.9 Å². The predicted molar refractivity (Wildman–Crippen MR) is 102 cm³/mol. The van der Waals surface area contributed by atoms with E-state index in [-0.39, 0.29) is 5.91 Å². The second kappa shape index (κ2) is 7.53. The normalized spacial score (nSPS) is 20.3.